The smallest absolute Gasteiger partial charge is 0.254 e. The van der Waals surface area contributed by atoms with Crippen molar-refractivity contribution in [1.29, 1.82) is 0 Å². The van der Waals surface area contributed by atoms with Gasteiger partial charge in [-0.3, -0.25) is 19.6 Å². The molecule has 0 aliphatic carbocycles. The fraction of sp³-hybridized carbons (Fsp3) is 0.226. The van der Waals surface area contributed by atoms with Crippen molar-refractivity contribution in [3.63, 3.8) is 0 Å². The van der Waals surface area contributed by atoms with E-state index < -0.39 is 0 Å². The van der Waals surface area contributed by atoms with Gasteiger partial charge in [-0.2, -0.15) is 0 Å². The Morgan fingerprint density at radius 2 is 1.71 bits per heavy atom. The highest BCUT2D eigenvalue weighted by Crippen LogP contribution is 2.29. The Bertz CT molecular complexity index is 1450. The average Bonchev–Trinajstić information content (AvgIpc) is 2.95. The summed E-state index contributed by atoms with van der Waals surface area (Å²) in [7, 11) is 1.77. The lowest BCUT2D eigenvalue weighted by Crippen LogP contribution is -2.41. The fourth-order valence-electron chi connectivity index (χ4n) is 4.66. The van der Waals surface area contributed by atoms with Crippen LogP contribution in [0.15, 0.2) is 85.5 Å². The summed E-state index contributed by atoms with van der Waals surface area (Å²) in [5.74, 6) is 0.587. The number of fused-ring (bicyclic) bond motifs is 3. The largest absolute Gasteiger partial charge is 0.491 e. The molecule has 2 bridgehead atoms. The number of carbonyl (C=O) groups is 2. The lowest BCUT2D eigenvalue weighted by Gasteiger charge is -2.27. The number of nitrogens with zero attached hydrogens (tertiary/aromatic N) is 4. The predicted octanol–water partition coefficient (Wildman–Crippen LogP) is 4.65. The molecule has 3 heterocycles. The second kappa shape index (κ2) is 11.3. The Morgan fingerprint density at radius 3 is 2.53 bits per heavy atom. The Morgan fingerprint density at radius 1 is 0.868 bits per heavy atom. The Balaban J connectivity index is 1.50. The molecule has 38 heavy (non-hydrogen) atoms. The summed E-state index contributed by atoms with van der Waals surface area (Å²) in [6, 6.07) is 19.5. The van der Waals surface area contributed by atoms with Crippen molar-refractivity contribution in [2.24, 2.45) is 0 Å². The molecule has 5 rings (SSSR count). The number of likely N-dealkylation sites (N-methyl/N-ethyl adjacent to an activating group) is 1. The van der Waals surface area contributed by atoms with Gasteiger partial charge in [0.05, 0.1) is 6.54 Å². The minimum absolute atomic E-state index is 0.0722. The lowest BCUT2D eigenvalue weighted by atomic mass is 9.98. The molecule has 0 radical (unpaired) electrons. The van der Waals surface area contributed by atoms with Crippen LogP contribution in [0.25, 0.3) is 11.1 Å². The van der Waals surface area contributed by atoms with E-state index in [0.29, 0.717) is 43.8 Å². The van der Waals surface area contributed by atoms with Gasteiger partial charge in [0, 0.05) is 68.0 Å². The highest BCUT2D eigenvalue weighted by Gasteiger charge is 2.21. The standard InChI is InChI=1S/C31H30N4O3/c1-22-20-33-12-10-28(22)31(37)35-14-13-34(2)30(36)25-6-3-5-23(17-25)18-27-19-24(26-7-4-11-32-21-26)8-9-29(27)38-16-15-35/h3-12,17,19-21H,13-16,18H2,1-2H3. The molecule has 0 unspecified atom stereocenters. The van der Waals surface area contributed by atoms with Crippen molar-refractivity contribution in [3.05, 3.63) is 113 Å². The molecular formula is C31H30N4O3. The quantitative estimate of drug-likeness (QED) is 0.396. The highest BCUT2D eigenvalue weighted by atomic mass is 16.5. The zero-order valence-corrected chi connectivity index (χ0v) is 21.6. The maximum Gasteiger partial charge on any atom is 0.254 e. The van der Waals surface area contributed by atoms with Crippen LogP contribution in [0.4, 0.5) is 0 Å². The minimum atomic E-state index is -0.101. The van der Waals surface area contributed by atoms with Gasteiger partial charge in [0.15, 0.2) is 0 Å². The van der Waals surface area contributed by atoms with Gasteiger partial charge in [-0.25, -0.2) is 0 Å². The molecule has 0 N–H and O–H groups in total. The molecule has 2 aromatic carbocycles. The molecule has 7 nitrogen and oxygen atoms in total. The van der Waals surface area contributed by atoms with Gasteiger partial charge in [-0.05, 0) is 65.6 Å². The van der Waals surface area contributed by atoms with Crippen LogP contribution in [0.5, 0.6) is 5.75 Å². The summed E-state index contributed by atoms with van der Waals surface area (Å²) < 4.78 is 6.29. The van der Waals surface area contributed by atoms with Crippen molar-refractivity contribution in [3.8, 4) is 16.9 Å². The van der Waals surface area contributed by atoms with E-state index in [1.165, 1.54) is 0 Å². The number of hydrogen-bond acceptors (Lipinski definition) is 5. The maximum absolute atomic E-state index is 13.5. The van der Waals surface area contributed by atoms with E-state index >= 15 is 0 Å². The third kappa shape index (κ3) is 5.57. The topological polar surface area (TPSA) is 75.6 Å². The normalized spacial score (nSPS) is 14.3. The van der Waals surface area contributed by atoms with E-state index in [2.05, 4.69) is 16.0 Å². The van der Waals surface area contributed by atoms with E-state index in [9.17, 15) is 9.59 Å². The first kappa shape index (κ1) is 25.1. The van der Waals surface area contributed by atoms with E-state index in [1.807, 2.05) is 61.7 Å². The van der Waals surface area contributed by atoms with Crippen molar-refractivity contribution >= 4 is 11.8 Å². The average molecular weight is 507 g/mol. The van der Waals surface area contributed by atoms with E-state index in [0.717, 1.165) is 33.6 Å². The second-order valence-electron chi connectivity index (χ2n) is 9.50. The molecule has 192 valence electrons. The number of hydrogen-bond donors (Lipinski definition) is 0. The van der Waals surface area contributed by atoms with Crippen LogP contribution in [-0.2, 0) is 6.42 Å². The third-order valence-electron chi connectivity index (χ3n) is 6.83. The number of rotatable bonds is 2. The minimum Gasteiger partial charge on any atom is -0.491 e. The summed E-state index contributed by atoms with van der Waals surface area (Å²) in [6.07, 6.45) is 7.51. The first-order chi connectivity index (χ1) is 18.5. The number of ether oxygens (including phenoxy) is 1. The zero-order valence-electron chi connectivity index (χ0n) is 21.6. The molecule has 0 saturated heterocycles. The van der Waals surface area contributed by atoms with Gasteiger partial charge in [0.1, 0.15) is 12.4 Å². The lowest BCUT2D eigenvalue weighted by molar-refractivity contribution is 0.0667. The van der Waals surface area contributed by atoms with Crippen molar-refractivity contribution in [1.82, 2.24) is 19.8 Å². The number of aryl methyl sites for hydroxylation is 1. The van der Waals surface area contributed by atoms with Gasteiger partial charge >= 0.3 is 0 Å². The molecule has 2 amide bonds. The molecular weight excluding hydrogens is 476 g/mol. The Hall–Kier alpha value is -4.52. The van der Waals surface area contributed by atoms with Crippen molar-refractivity contribution in [2.75, 3.05) is 33.3 Å². The molecule has 0 atom stereocenters. The van der Waals surface area contributed by atoms with Gasteiger partial charge in [0.25, 0.3) is 11.8 Å². The molecule has 7 heteroatoms. The molecule has 1 aliphatic rings. The summed E-state index contributed by atoms with van der Waals surface area (Å²) in [4.78, 5) is 38.5. The molecule has 2 aromatic heterocycles. The monoisotopic (exact) mass is 506 g/mol. The summed E-state index contributed by atoms with van der Waals surface area (Å²) in [6.45, 7) is 3.38. The van der Waals surface area contributed by atoms with Crippen LogP contribution in [-0.4, -0.2) is 64.9 Å². The molecule has 1 aliphatic heterocycles. The maximum atomic E-state index is 13.5. The second-order valence-corrected chi connectivity index (χ2v) is 9.50. The number of aromatic nitrogens is 2. The van der Waals surface area contributed by atoms with Gasteiger partial charge in [-0.15, -0.1) is 0 Å². The van der Waals surface area contributed by atoms with Crippen LogP contribution >= 0.6 is 0 Å². The van der Waals surface area contributed by atoms with Crippen LogP contribution in [0.1, 0.15) is 37.4 Å². The van der Waals surface area contributed by atoms with Crippen LogP contribution < -0.4 is 4.74 Å². The summed E-state index contributed by atoms with van der Waals surface area (Å²) >= 11 is 0. The van der Waals surface area contributed by atoms with Gasteiger partial charge in [-0.1, -0.05) is 24.3 Å². The molecule has 4 aromatic rings. The van der Waals surface area contributed by atoms with Crippen LogP contribution in [0.2, 0.25) is 0 Å². The van der Waals surface area contributed by atoms with Crippen molar-refractivity contribution in [2.45, 2.75) is 13.3 Å². The molecule has 0 fully saturated rings. The van der Waals surface area contributed by atoms with Gasteiger partial charge < -0.3 is 14.5 Å². The number of carbonyl (C=O) groups excluding carboxylic acids is 2. The number of benzene rings is 2. The third-order valence-corrected chi connectivity index (χ3v) is 6.83. The number of pyridine rings is 2. The predicted molar refractivity (Wildman–Crippen MR) is 146 cm³/mol. The summed E-state index contributed by atoms with van der Waals surface area (Å²) in [5.41, 5.74) is 6.12. The zero-order chi connectivity index (χ0) is 26.5. The van der Waals surface area contributed by atoms with E-state index in [-0.39, 0.29) is 11.8 Å². The van der Waals surface area contributed by atoms with Crippen LogP contribution in [0.3, 0.4) is 0 Å². The van der Waals surface area contributed by atoms with Crippen molar-refractivity contribution < 1.29 is 14.3 Å². The SMILES string of the molecule is Cc1cnccc1C(=O)N1CCOc2ccc(-c3cccnc3)cc2Cc2cccc(c2)C(=O)N(C)CC1. The summed E-state index contributed by atoms with van der Waals surface area (Å²) in [5, 5.41) is 0. The molecule has 0 saturated carbocycles. The molecule has 0 spiro atoms. The highest BCUT2D eigenvalue weighted by molar-refractivity contribution is 5.96. The Labute approximate surface area is 222 Å². The van der Waals surface area contributed by atoms with Gasteiger partial charge in [0.2, 0.25) is 0 Å². The fourth-order valence-corrected chi connectivity index (χ4v) is 4.66. The first-order valence-electron chi connectivity index (χ1n) is 12.7. The van der Waals surface area contributed by atoms with Crippen LogP contribution in [0, 0.1) is 6.92 Å². The van der Waals surface area contributed by atoms with E-state index in [4.69, 9.17) is 4.74 Å². The number of amides is 2. The first-order valence-corrected chi connectivity index (χ1v) is 12.7. The Kier molecular flexibility index (Phi) is 7.45. The van der Waals surface area contributed by atoms with E-state index in [1.54, 1.807) is 41.5 Å².